The van der Waals surface area contributed by atoms with Crippen LogP contribution in [0.25, 0.3) is 39.5 Å². The van der Waals surface area contributed by atoms with Crippen molar-refractivity contribution in [2.24, 2.45) is 4.99 Å². The first-order chi connectivity index (χ1) is 34.4. The SMILES string of the molecule is [2H]CC1OC(n2cc(/C=C/C(=O)NCCCCCCNC(=O)c3ccc(C(=O)[O-])c(-c4c5ccc(=[N+](C)C)cc-5oc5cc(N(C)C)ccc45)c3)c(=O)[nH]c2=O)CC1OP(OC=NCC)N(C(C)C)C(C)C. The third-order valence-electron chi connectivity index (χ3n) is 11.9. The van der Waals surface area contributed by atoms with E-state index in [1.54, 1.807) is 6.07 Å². The van der Waals surface area contributed by atoms with E-state index in [0.717, 1.165) is 23.9 Å². The van der Waals surface area contributed by atoms with Gasteiger partial charge in [0.2, 0.25) is 11.3 Å². The number of aromatic nitrogens is 2. The molecule has 0 saturated carbocycles. The number of nitrogens with one attached hydrogen (secondary N) is 3. The zero-order chi connectivity index (χ0) is 52.2. The summed E-state index contributed by atoms with van der Waals surface area (Å²) in [5, 5.41) is 19.9. The van der Waals surface area contributed by atoms with E-state index in [9.17, 15) is 29.1 Å². The molecule has 71 heavy (non-hydrogen) atoms. The highest BCUT2D eigenvalue weighted by Crippen LogP contribution is 2.49. The van der Waals surface area contributed by atoms with Gasteiger partial charge in [-0.25, -0.2) is 14.0 Å². The number of rotatable bonds is 22. The summed E-state index contributed by atoms with van der Waals surface area (Å²) in [6.45, 7) is 11.2. The van der Waals surface area contributed by atoms with Crippen molar-refractivity contribution in [3.05, 3.63) is 110 Å². The van der Waals surface area contributed by atoms with Crippen molar-refractivity contribution in [3.8, 4) is 22.5 Å². The molecule has 18 nitrogen and oxygen atoms in total. The lowest BCUT2D eigenvalue weighted by atomic mass is 9.89. The third kappa shape index (κ3) is 13.5. The van der Waals surface area contributed by atoms with Crippen LogP contribution in [0.3, 0.4) is 0 Å². The van der Waals surface area contributed by atoms with Crippen molar-refractivity contribution in [2.75, 3.05) is 52.7 Å². The maximum atomic E-state index is 13.5. The van der Waals surface area contributed by atoms with Gasteiger partial charge in [-0.2, -0.15) is 0 Å². The number of H-pyrrole nitrogens is 1. The first kappa shape index (κ1) is 52.4. The number of carboxylic acids is 1. The Balaban J connectivity index is 1.02. The van der Waals surface area contributed by atoms with Crippen LogP contribution in [0.1, 0.15) is 108 Å². The monoisotopic (exact) mass is 995 g/mol. The number of benzene rings is 3. The number of ether oxygens (including phenoxy) is 1. The molecule has 6 rings (SSSR count). The predicted octanol–water partition coefficient (Wildman–Crippen LogP) is 5.74. The van der Waals surface area contributed by atoms with Crippen LogP contribution >= 0.6 is 8.53 Å². The van der Waals surface area contributed by atoms with Crippen LogP contribution in [0.15, 0.2) is 85.9 Å². The molecule has 0 radical (unpaired) electrons. The smallest absolute Gasteiger partial charge is 0.330 e. The molecule has 2 aromatic carbocycles. The van der Waals surface area contributed by atoms with Gasteiger partial charge in [-0.05, 0) is 96.3 Å². The Kier molecular flexibility index (Phi) is 18.1. The second-order valence-corrected chi connectivity index (χ2v) is 19.6. The van der Waals surface area contributed by atoms with Gasteiger partial charge in [0, 0.05) is 111 Å². The lowest BCUT2D eigenvalue weighted by molar-refractivity contribution is -0.255. The molecule has 1 fully saturated rings. The average molecular weight is 996 g/mol. The van der Waals surface area contributed by atoms with E-state index >= 15 is 0 Å². The Hall–Kier alpha value is -6.46. The topological polar surface area (TPSA) is 216 Å². The minimum Gasteiger partial charge on any atom is -0.545 e. The fourth-order valence-electron chi connectivity index (χ4n) is 8.32. The molecule has 1 aromatic heterocycles. The molecule has 4 atom stereocenters. The number of carbonyl (C=O) groups is 3. The van der Waals surface area contributed by atoms with Crippen LogP contribution in [-0.2, 0) is 18.6 Å². The van der Waals surface area contributed by atoms with Crippen molar-refractivity contribution < 1.29 is 39.1 Å². The Morgan fingerprint density at radius 3 is 2.39 bits per heavy atom. The first-order valence-electron chi connectivity index (χ1n) is 24.6. The molecule has 3 N–H and O–H groups in total. The Morgan fingerprint density at radius 1 is 1.00 bits per heavy atom. The second kappa shape index (κ2) is 24.6. The molecule has 2 aliphatic heterocycles. The van der Waals surface area contributed by atoms with Gasteiger partial charge in [-0.15, -0.1) is 0 Å². The molecule has 3 aliphatic rings. The molecule has 4 unspecified atom stereocenters. The summed E-state index contributed by atoms with van der Waals surface area (Å²) in [6.07, 6.45) is 6.22. The van der Waals surface area contributed by atoms with Gasteiger partial charge in [-0.3, -0.25) is 28.9 Å². The lowest BCUT2D eigenvalue weighted by Gasteiger charge is -2.36. The fourth-order valence-corrected chi connectivity index (χ4v) is 9.94. The molecule has 2 amide bonds. The van der Waals surface area contributed by atoms with Crippen LogP contribution in [0.2, 0.25) is 0 Å². The summed E-state index contributed by atoms with van der Waals surface area (Å²) in [5.41, 5.74) is 2.02. The number of nitrogens with zero attached hydrogens (tertiary/aromatic N) is 5. The van der Waals surface area contributed by atoms with Crippen molar-refractivity contribution in [3.63, 3.8) is 0 Å². The number of fused-ring (bicyclic) bond motifs is 2. The standard InChI is InChI=1S/C52H67N8O10P/c1-11-53-31-67-71(60(32(2)3)33(4)5)70-43-29-47(68-34(43)6)59-30-36(50(63)56-52(59)66)17-23-46(61)54-24-14-12-13-15-25-55-49(62)35-16-20-39(51(64)65)42(26-35)48-40-21-18-37(57(7)8)27-44(40)69-45-28-38(58(9)10)19-22-41(45)48/h16-23,26-28,30-34,43,47H,11-15,24-25,29H2,1-10H3,(H3-,54,55,56,61,62,63,64,65,66)/b23-17+,53-31?/i6D. The number of hydrogen-bond donors (Lipinski definition) is 3. The maximum absolute atomic E-state index is 13.5. The third-order valence-corrected chi connectivity index (χ3v) is 14.0. The van der Waals surface area contributed by atoms with Gasteiger partial charge in [0.25, 0.3) is 11.5 Å². The lowest BCUT2D eigenvalue weighted by Crippen LogP contribution is -2.35. The highest BCUT2D eigenvalue weighted by atomic mass is 31.2. The van der Waals surface area contributed by atoms with Crippen LogP contribution in [0.4, 0.5) is 5.69 Å². The highest BCUT2D eigenvalue weighted by Gasteiger charge is 2.40. The number of hydrogen-bond acceptors (Lipinski definition) is 13. The van der Waals surface area contributed by atoms with Crippen LogP contribution in [0.5, 0.6) is 0 Å². The zero-order valence-corrected chi connectivity index (χ0v) is 42.9. The molecule has 1 saturated heterocycles. The molecule has 3 aromatic rings. The number of aromatic carboxylic acids is 1. The number of carbonyl (C=O) groups excluding carboxylic acids is 3. The van der Waals surface area contributed by atoms with E-state index in [1.165, 1.54) is 41.4 Å². The minimum absolute atomic E-state index is 0.0553. The number of aromatic amines is 1. The van der Waals surface area contributed by atoms with Crippen LogP contribution in [0, 0.1) is 0 Å². The van der Waals surface area contributed by atoms with E-state index in [4.69, 9.17) is 19.6 Å². The first-order valence-corrected chi connectivity index (χ1v) is 25.0. The van der Waals surface area contributed by atoms with Crippen molar-refractivity contribution in [1.29, 1.82) is 0 Å². The van der Waals surface area contributed by atoms with Gasteiger partial charge in [0.05, 0.1) is 29.8 Å². The van der Waals surface area contributed by atoms with Gasteiger partial charge in [0.15, 0.2) is 6.40 Å². The summed E-state index contributed by atoms with van der Waals surface area (Å²) in [4.78, 5) is 73.1. The number of aliphatic imine (C=N–C) groups is 1. The number of anilines is 1. The molecule has 1 aliphatic carbocycles. The molecular formula is C52H67N8O10P. The van der Waals surface area contributed by atoms with E-state index in [0.29, 0.717) is 71.5 Å². The molecule has 3 heterocycles. The van der Waals surface area contributed by atoms with Gasteiger partial charge in [0.1, 0.15) is 31.7 Å². The molecule has 0 spiro atoms. The summed E-state index contributed by atoms with van der Waals surface area (Å²) in [7, 11) is 6.06. The van der Waals surface area contributed by atoms with E-state index in [-0.39, 0.29) is 42.4 Å². The van der Waals surface area contributed by atoms with Gasteiger partial charge < -0.3 is 43.6 Å². The largest absolute Gasteiger partial charge is 0.545 e. The maximum Gasteiger partial charge on any atom is 0.330 e. The van der Waals surface area contributed by atoms with Crippen molar-refractivity contribution >= 4 is 55.4 Å². The van der Waals surface area contributed by atoms with E-state index in [1.807, 2.05) is 109 Å². The minimum atomic E-state index is -1.64. The molecule has 19 heteroatoms. The highest BCUT2D eigenvalue weighted by molar-refractivity contribution is 7.45. The van der Waals surface area contributed by atoms with E-state index < -0.39 is 50.1 Å². The fraction of sp³-hybridized carbons (Fsp3) is 0.442. The normalized spacial score (nSPS) is 16.7. The summed E-state index contributed by atoms with van der Waals surface area (Å²) >= 11 is 0. The zero-order valence-electron chi connectivity index (χ0n) is 43.0. The second-order valence-electron chi connectivity index (χ2n) is 18.2. The molecule has 0 bridgehead atoms. The number of amides is 2. The summed E-state index contributed by atoms with van der Waals surface area (Å²) in [6, 6.07) is 16.1. The van der Waals surface area contributed by atoms with Crippen molar-refractivity contribution in [1.82, 2.24) is 29.4 Å². The Bertz CT molecular complexity index is 2940. The molecule has 380 valence electrons. The summed E-state index contributed by atoms with van der Waals surface area (Å²) < 4.78 is 38.4. The van der Waals surface area contributed by atoms with Crippen LogP contribution in [-0.4, -0.2) is 111 Å². The Labute approximate surface area is 416 Å². The Morgan fingerprint density at radius 2 is 1.73 bits per heavy atom. The quantitative estimate of drug-likeness (QED) is 0.0144. The van der Waals surface area contributed by atoms with E-state index in [2.05, 4.69) is 25.3 Å². The molecular weight excluding hydrogens is 928 g/mol. The van der Waals surface area contributed by atoms with Gasteiger partial charge in [-0.1, -0.05) is 18.9 Å². The number of carboxylic acid groups (broad SMARTS) is 1. The van der Waals surface area contributed by atoms with Crippen LogP contribution < -0.4 is 41.8 Å². The van der Waals surface area contributed by atoms with Gasteiger partial charge >= 0.3 is 14.2 Å². The summed E-state index contributed by atoms with van der Waals surface area (Å²) in [5.74, 6) is -1.60. The number of unbranched alkanes of at least 4 members (excludes halogenated alkanes) is 3. The average Bonchev–Trinajstić information content (AvgIpc) is 3.74. The predicted molar refractivity (Wildman–Crippen MR) is 276 cm³/mol. The van der Waals surface area contributed by atoms with Crippen molar-refractivity contribution in [2.45, 2.75) is 104 Å².